The summed E-state index contributed by atoms with van der Waals surface area (Å²) in [4.78, 5) is 12.5. The molecular formula is C19H24N2O4S. The number of anilines is 2. The number of hydrogen-bond acceptors (Lipinski definition) is 4. The van der Waals surface area contributed by atoms with Crippen molar-refractivity contribution in [3.05, 3.63) is 53.6 Å². The minimum Gasteiger partial charge on any atom is -0.492 e. The summed E-state index contributed by atoms with van der Waals surface area (Å²) in [5.41, 5.74) is 2.98. The van der Waals surface area contributed by atoms with Gasteiger partial charge < -0.3 is 10.1 Å². The smallest absolute Gasteiger partial charge is 0.245 e. The summed E-state index contributed by atoms with van der Waals surface area (Å²) in [7, 11) is -3.61. The fourth-order valence-electron chi connectivity index (χ4n) is 2.45. The first-order valence-electron chi connectivity index (χ1n) is 8.29. The van der Waals surface area contributed by atoms with Crippen LogP contribution in [0.2, 0.25) is 0 Å². The second kappa shape index (κ2) is 8.23. The van der Waals surface area contributed by atoms with Crippen LogP contribution >= 0.6 is 0 Å². The van der Waals surface area contributed by atoms with E-state index in [1.807, 2.05) is 26.8 Å². The quantitative estimate of drug-likeness (QED) is 0.806. The first kappa shape index (κ1) is 19.8. The SMILES string of the molecule is CCOc1ccccc1NC(=O)CN(c1ccc(C)c(C)c1)S(C)(=O)=O. The molecule has 0 heterocycles. The average Bonchev–Trinajstić information content (AvgIpc) is 2.56. The maximum atomic E-state index is 12.5. The number of nitrogens with zero attached hydrogens (tertiary/aromatic N) is 1. The van der Waals surface area contributed by atoms with Crippen molar-refractivity contribution in [3.63, 3.8) is 0 Å². The first-order chi connectivity index (χ1) is 12.2. The number of carbonyl (C=O) groups is 1. The van der Waals surface area contributed by atoms with Crippen molar-refractivity contribution in [2.45, 2.75) is 20.8 Å². The molecule has 2 aromatic rings. The molecule has 0 atom stereocenters. The van der Waals surface area contributed by atoms with Crippen molar-refractivity contribution in [2.24, 2.45) is 0 Å². The number of rotatable bonds is 7. The molecule has 0 fully saturated rings. The molecule has 0 aliphatic carbocycles. The molecule has 0 aromatic heterocycles. The summed E-state index contributed by atoms with van der Waals surface area (Å²) in [5.74, 6) is 0.0984. The van der Waals surface area contributed by atoms with Gasteiger partial charge in [0.05, 0.1) is 24.2 Å². The predicted octanol–water partition coefficient (Wildman–Crippen LogP) is 3.11. The van der Waals surface area contributed by atoms with Crippen molar-refractivity contribution in [1.29, 1.82) is 0 Å². The monoisotopic (exact) mass is 376 g/mol. The largest absolute Gasteiger partial charge is 0.492 e. The Morgan fingerprint density at radius 1 is 1.12 bits per heavy atom. The molecule has 6 nitrogen and oxygen atoms in total. The molecule has 140 valence electrons. The Balaban J connectivity index is 2.24. The first-order valence-corrected chi connectivity index (χ1v) is 10.1. The van der Waals surface area contributed by atoms with Gasteiger partial charge in [-0.1, -0.05) is 18.2 Å². The molecule has 0 bridgehead atoms. The third kappa shape index (κ3) is 4.98. The van der Waals surface area contributed by atoms with Crippen LogP contribution in [0.15, 0.2) is 42.5 Å². The van der Waals surface area contributed by atoms with Gasteiger partial charge in [-0.2, -0.15) is 0 Å². The predicted molar refractivity (Wildman–Crippen MR) is 104 cm³/mol. The highest BCUT2D eigenvalue weighted by Crippen LogP contribution is 2.25. The van der Waals surface area contributed by atoms with Crippen molar-refractivity contribution in [1.82, 2.24) is 0 Å². The summed E-state index contributed by atoms with van der Waals surface area (Å²) in [6, 6.07) is 12.3. The summed E-state index contributed by atoms with van der Waals surface area (Å²) in [6.45, 7) is 5.84. The molecule has 2 aromatic carbocycles. The van der Waals surface area contributed by atoms with Gasteiger partial charge in [-0.3, -0.25) is 9.10 Å². The standard InChI is InChI=1S/C19H24N2O4S/c1-5-25-18-9-7-6-8-17(18)20-19(22)13-21(26(4,23)24)16-11-10-14(2)15(3)12-16/h6-12H,5,13H2,1-4H3,(H,20,22). The molecule has 1 N–H and O–H groups in total. The van der Waals surface area contributed by atoms with Gasteiger partial charge in [0.2, 0.25) is 15.9 Å². The third-order valence-electron chi connectivity index (χ3n) is 3.93. The molecule has 0 aliphatic heterocycles. The second-order valence-electron chi connectivity index (χ2n) is 6.02. The van der Waals surface area contributed by atoms with Crippen LogP contribution in [-0.4, -0.2) is 33.7 Å². The minimum atomic E-state index is -3.61. The Labute approximate surface area is 154 Å². The fraction of sp³-hybridized carbons (Fsp3) is 0.316. The van der Waals surface area contributed by atoms with Crippen LogP contribution in [0.1, 0.15) is 18.1 Å². The number of amides is 1. The van der Waals surface area contributed by atoms with Gasteiger partial charge in [-0.15, -0.1) is 0 Å². The fourth-order valence-corrected chi connectivity index (χ4v) is 3.30. The molecule has 1 amide bonds. The summed E-state index contributed by atoms with van der Waals surface area (Å²) >= 11 is 0. The van der Waals surface area contributed by atoms with Gasteiger partial charge >= 0.3 is 0 Å². The second-order valence-corrected chi connectivity index (χ2v) is 7.92. The molecule has 2 rings (SSSR count). The van der Waals surface area contributed by atoms with E-state index in [1.165, 1.54) is 0 Å². The Hall–Kier alpha value is -2.54. The lowest BCUT2D eigenvalue weighted by Crippen LogP contribution is -2.37. The van der Waals surface area contributed by atoms with E-state index in [0.29, 0.717) is 23.7 Å². The maximum absolute atomic E-state index is 12.5. The Bertz CT molecular complexity index is 894. The Morgan fingerprint density at radius 3 is 2.42 bits per heavy atom. The van der Waals surface area contributed by atoms with Gasteiger partial charge in [-0.25, -0.2) is 8.42 Å². The molecule has 26 heavy (non-hydrogen) atoms. The molecular weight excluding hydrogens is 352 g/mol. The number of aryl methyl sites for hydroxylation is 2. The lowest BCUT2D eigenvalue weighted by molar-refractivity contribution is -0.114. The van der Waals surface area contributed by atoms with Crippen molar-refractivity contribution in [3.8, 4) is 5.75 Å². The van der Waals surface area contributed by atoms with Gasteiger partial charge in [-0.05, 0) is 56.2 Å². The highest BCUT2D eigenvalue weighted by molar-refractivity contribution is 7.92. The molecule has 0 saturated carbocycles. The Morgan fingerprint density at radius 2 is 1.81 bits per heavy atom. The summed E-state index contributed by atoms with van der Waals surface area (Å²) in [6.07, 6.45) is 1.09. The normalized spacial score (nSPS) is 11.1. The van der Waals surface area contributed by atoms with E-state index in [4.69, 9.17) is 4.74 Å². The van der Waals surface area contributed by atoms with Crippen molar-refractivity contribution in [2.75, 3.05) is 29.0 Å². The zero-order valence-electron chi connectivity index (χ0n) is 15.4. The number of benzene rings is 2. The molecule has 0 unspecified atom stereocenters. The molecule has 0 radical (unpaired) electrons. The lowest BCUT2D eigenvalue weighted by atomic mass is 10.1. The maximum Gasteiger partial charge on any atom is 0.245 e. The average molecular weight is 376 g/mol. The summed E-state index contributed by atoms with van der Waals surface area (Å²) in [5, 5.41) is 2.72. The molecule has 0 aliphatic rings. The Kier molecular flexibility index (Phi) is 6.26. The van der Waals surface area contributed by atoms with Crippen LogP contribution < -0.4 is 14.4 Å². The van der Waals surface area contributed by atoms with Gasteiger partial charge in [0.15, 0.2) is 0 Å². The molecule has 7 heteroatoms. The highest BCUT2D eigenvalue weighted by Gasteiger charge is 2.21. The van der Waals surface area contributed by atoms with Crippen LogP contribution in [0, 0.1) is 13.8 Å². The van der Waals surface area contributed by atoms with Crippen LogP contribution in [0.5, 0.6) is 5.75 Å². The zero-order chi connectivity index (χ0) is 19.3. The van der Waals surface area contributed by atoms with E-state index in [9.17, 15) is 13.2 Å². The van der Waals surface area contributed by atoms with E-state index in [0.717, 1.165) is 21.7 Å². The van der Waals surface area contributed by atoms with E-state index in [1.54, 1.807) is 36.4 Å². The van der Waals surface area contributed by atoms with Crippen LogP contribution in [0.3, 0.4) is 0 Å². The number of para-hydroxylation sites is 2. The van der Waals surface area contributed by atoms with Crippen LogP contribution in [-0.2, 0) is 14.8 Å². The zero-order valence-corrected chi connectivity index (χ0v) is 16.3. The topological polar surface area (TPSA) is 75.7 Å². The third-order valence-corrected chi connectivity index (χ3v) is 5.07. The summed E-state index contributed by atoms with van der Waals surface area (Å²) < 4.78 is 31.0. The highest BCUT2D eigenvalue weighted by atomic mass is 32.2. The van der Waals surface area contributed by atoms with E-state index in [-0.39, 0.29) is 6.54 Å². The van der Waals surface area contributed by atoms with E-state index >= 15 is 0 Å². The number of sulfonamides is 1. The lowest BCUT2D eigenvalue weighted by Gasteiger charge is -2.23. The van der Waals surface area contributed by atoms with Crippen LogP contribution in [0.4, 0.5) is 11.4 Å². The van der Waals surface area contributed by atoms with Gasteiger partial charge in [0.1, 0.15) is 12.3 Å². The van der Waals surface area contributed by atoms with E-state index < -0.39 is 15.9 Å². The molecule has 0 saturated heterocycles. The number of hydrogen-bond donors (Lipinski definition) is 1. The number of carbonyl (C=O) groups excluding carboxylic acids is 1. The molecule has 0 spiro atoms. The van der Waals surface area contributed by atoms with Crippen molar-refractivity contribution < 1.29 is 17.9 Å². The number of ether oxygens (including phenoxy) is 1. The minimum absolute atomic E-state index is 0.318. The van der Waals surface area contributed by atoms with Gasteiger partial charge in [0, 0.05) is 0 Å². The number of nitrogens with one attached hydrogen (secondary N) is 1. The van der Waals surface area contributed by atoms with Crippen LogP contribution in [0.25, 0.3) is 0 Å². The van der Waals surface area contributed by atoms with E-state index in [2.05, 4.69) is 5.32 Å². The van der Waals surface area contributed by atoms with Gasteiger partial charge in [0.25, 0.3) is 0 Å². The van der Waals surface area contributed by atoms with Crippen molar-refractivity contribution >= 4 is 27.3 Å².